The van der Waals surface area contributed by atoms with Crippen LogP contribution in [0.5, 0.6) is 23.0 Å². The molecule has 5 aromatic carbocycles. The van der Waals surface area contributed by atoms with Gasteiger partial charge in [0.15, 0.2) is 45.1 Å². The Labute approximate surface area is 519 Å². The molecule has 0 bridgehead atoms. The molecule has 88 heavy (non-hydrogen) atoms. The molecular weight excluding hydrogens is 1130 g/mol. The lowest BCUT2D eigenvalue weighted by molar-refractivity contribution is -0.669. The van der Waals surface area contributed by atoms with E-state index in [0.29, 0.717) is 207 Å². The van der Waals surface area contributed by atoms with E-state index in [4.69, 9.17) is 81.5 Å². The van der Waals surface area contributed by atoms with Crippen LogP contribution in [0.4, 0.5) is 5.69 Å². The van der Waals surface area contributed by atoms with Gasteiger partial charge in [-0.05, 0) is 30.2 Å². The number of hydrogen-bond donors (Lipinski definition) is 1. The number of benzene rings is 5. The van der Waals surface area contributed by atoms with E-state index >= 15 is 0 Å². The normalized spacial score (nSPS) is 11.6. The lowest BCUT2D eigenvalue weighted by Crippen LogP contribution is -2.37. The second-order valence-corrected chi connectivity index (χ2v) is 20.8. The van der Waals surface area contributed by atoms with Gasteiger partial charge in [-0.2, -0.15) is 0 Å². The number of hydrogen-bond acceptors (Lipinski definition) is 17. The van der Waals surface area contributed by atoms with Gasteiger partial charge in [0.1, 0.15) is 52.6 Å². The first-order chi connectivity index (χ1) is 43.2. The second-order valence-electron chi connectivity index (χ2n) is 20.8. The van der Waals surface area contributed by atoms with Crippen molar-refractivity contribution in [1.29, 1.82) is 0 Å². The number of nitrogen functional groups attached to an aromatic ring is 1. The molecule has 7 aromatic rings. The molecule has 21 heteroatoms. The molecule has 0 atom stereocenters. The molecular formula is C67H95N5O16+2. The Morgan fingerprint density at radius 2 is 0.625 bits per heavy atom. The van der Waals surface area contributed by atoms with Crippen LogP contribution in [0.25, 0.3) is 22.1 Å². The predicted molar refractivity (Wildman–Crippen MR) is 335 cm³/mol. The van der Waals surface area contributed by atoms with E-state index in [9.17, 15) is 0 Å². The average molecular weight is 1230 g/mol. The SMILES string of the molecule is COCCOCCOCCOc1cc2c(cc1OCCOCCOCCOC)[n+](Cc1ccc(C)cc1)c(C)n2Cc1ccccc1Cn1c(C)[n+](Cc2ccc(N)cc2)c2cc(OCCOCCOCCOC)c(OCCOCCOCCOC)cc21. The Balaban J connectivity index is 1.23. The highest BCUT2D eigenvalue weighted by Crippen LogP contribution is 2.36. The molecule has 0 amide bonds. The number of ether oxygens (including phenoxy) is 16. The maximum atomic E-state index is 6.58. The zero-order valence-electron chi connectivity index (χ0n) is 52.9. The molecule has 0 aliphatic rings. The van der Waals surface area contributed by atoms with Gasteiger partial charge in [0.05, 0.1) is 132 Å². The van der Waals surface area contributed by atoms with Crippen LogP contribution < -0.4 is 33.8 Å². The molecule has 0 saturated heterocycles. The van der Waals surface area contributed by atoms with Gasteiger partial charge in [-0.15, -0.1) is 0 Å². The van der Waals surface area contributed by atoms with E-state index < -0.39 is 0 Å². The molecule has 0 fully saturated rings. The fourth-order valence-electron chi connectivity index (χ4n) is 9.77. The Morgan fingerprint density at radius 3 is 0.943 bits per heavy atom. The van der Waals surface area contributed by atoms with Crippen molar-refractivity contribution in [2.24, 2.45) is 0 Å². The first kappa shape index (κ1) is 69.0. The van der Waals surface area contributed by atoms with Crippen molar-refractivity contribution in [2.75, 3.05) is 193 Å². The third-order valence-electron chi connectivity index (χ3n) is 14.5. The minimum absolute atomic E-state index is 0.289. The molecule has 2 aromatic heterocycles. The molecule has 0 unspecified atom stereocenters. The van der Waals surface area contributed by atoms with E-state index in [1.165, 1.54) is 11.1 Å². The van der Waals surface area contributed by atoms with E-state index in [0.717, 1.165) is 50.4 Å². The van der Waals surface area contributed by atoms with E-state index in [-0.39, 0.29) is 6.61 Å². The van der Waals surface area contributed by atoms with E-state index in [1.807, 2.05) is 12.1 Å². The van der Waals surface area contributed by atoms with Gasteiger partial charge < -0.3 is 81.5 Å². The second kappa shape index (κ2) is 39.5. The van der Waals surface area contributed by atoms with Crippen LogP contribution in [0.3, 0.4) is 0 Å². The number of fused-ring (bicyclic) bond motifs is 2. The van der Waals surface area contributed by atoms with Gasteiger partial charge in [-0.25, -0.2) is 18.3 Å². The molecule has 21 nitrogen and oxygen atoms in total. The summed E-state index contributed by atoms with van der Waals surface area (Å²) in [6.45, 7) is 19.1. The molecule has 2 heterocycles. The highest BCUT2D eigenvalue weighted by atomic mass is 16.6. The molecule has 0 aliphatic heterocycles. The summed E-state index contributed by atoms with van der Waals surface area (Å²) in [6, 6.07) is 33.7. The maximum absolute atomic E-state index is 6.58. The number of aryl methyl sites for hydroxylation is 1. The number of anilines is 1. The highest BCUT2D eigenvalue weighted by Gasteiger charge is 2.29. The van der Waals surface area contributed by atoms with Gasteiger partial charge >= 0.3 is 0 Å². The fraction of sp³-hybridized carbons (Fsp3) is 0.522. The van der Waals surface area contributed by atoms with Gasteiger partial charge in [0.25, 0.3) is 11.6 Å². The van der Waals surface area contributed by atoms with Gasteiger partial charge in [0.2, 0.25) is 0 Å². The van der Waals surface area contributed by atoms with Gasteiger partial charge in [0, 0.05) is 83.4 Å². The number of aromatic nitrogens is 4. The van der Waals surface area contributed by atoms with Crippen molar-refractivity contribution < 1.29 is 84.9 Å². The third kappa shape index (κ3) is 22.2. The van der Waals surface area contributed by atoms with E-state index in [1.54, 1.807) is 28.4 Å². The van der Waals surface area contributed by atoms with Gasteiger partial charge in [-0.3, -0.25) is 0 Å². The van der Waals surface area contributed by atoms with Crippen LogP contribution >= 0.6 is 0 Å². The van der Waals surface area contributed by atoms with Crippen LogP contribution in [0.1, 0.15) is 39.5 Å². The van der Waals surface area contributed by atoms with Crippen LogP contribution in [0.2, 0.25) is 0 Å². The van der Waals surface area contributed by atoms with Gasteiger partial charge in [-0.1, -0.05) is 66.2 Å². The summed E-state index contributed by atoms with van der Waals surface area (Å²) >= 11 is 0. The smallest absolute Gasteiger partial charge is 0.254 e. The maximum Gasteiger partial charge on any atom is 0.254 e. The Bertz CT molecular complexity index is 2880. The molecule has 0 aliphatic carbocycles. The van der Waals surface area contributed by atoms with Crippen LogP contribution in [-0.2, 0) is 83.0 Å². The summed E-state index contributed by atoms with van der Waals surface area (Å²) in [5, 5.41) is 0. The summed E-state index contributed by atoms with van der Waals surface area (Å²) in [5.74, 6) is 4.48. The Kier molecular flexibility index (Phi) is 31.0. The first-order valence-electron chi connectivity index (χ1n) is 30.4. The largest absolute Gasteiger partial charge is 0.487 e. The summed E-state index contributed by atoms with van der Waals surface area (Å²) in [4.78, 5) is 0. The van der Waals surface area contributed by atoms with Crippen molar-refractivity contribution >= 4 is 27.8 Å². The van der Waals surface area contributed by atoms with E-state index in [2.05, 4.69) is 124 Å². The summed E-state index contributed by atoms with van der Waals surface area (Å²) in [6.07, 6.45) is 0. The fourth-order valence-corrected chi connectivity index (χ4v) is 9.77. The number of methoxy groups -OCH3 is 4. The third-order valence-corrected chi connectivity index (χ3v) is 14.5. The first-order valence-corrected chi connectivity index (χ1v) is 30.4. The van der Waals surface area contributed by atoms with Crippen molar-refractivity contribution in [1.82, 2.24) is 9.13 Å². The predicted octanol–water partition coefficient (Wildman–Crippen LogP) is 7.11. The van der Waals surface area contributed by atoms with Crippen LogP contribution in [0.15, 0.2) is 97.1 Å². The zero-order valence-corrected chi connectivity index (χ0v) is 52.9. The van der Waals surface area contributed by atoms with Crippen molar-refractivity contribution in [3.05, 3.63) is 137 Å². The molecule has 2 N–H and O–H groups in total. The molecule has 0 spiro atoms. The summed E-state index contributed by atoms with van der Waals surface area (Å²) < 4.78 is 102. The Morgan fingerprint density at radius 1 is 0.341 bits per heavy atom. The minimum Gasteiger partial charge on any atom is -0.487 e. The molecule has 0 saturated carbocycles. The molecule has 7 rings (SSSR count). The average Bonchev–Trinajstić information content (AvgIpc) is 1.74. The van der Waals surface area contributed by atoms with Crippen molar-refractivity contribution in [3.8, 4) is 23.0 Å². The number of rotatable bonds is 48. The standard InChI is InChI=1S/C67H95N5O16/c1-52-12-14-55(15-13-52)48-69-53(2)71(62-46-66(87-42-38-83-34-30-79-26-22-75-6)64(44-60(62)69)85-40-36-81-32-28-77-24-20-73-4)50-57-10-8-9-11-58(57)51-72-54(3)70(49-56-16-18-59(68)19-17-56)61-45-65(86-41-37-82-33-29-78-25-21-74-5)67(47-63(61)72)88-43-39-84-35-31-80-27-23-76-7/h8-19,44-47H,20-43,48-51,68H2,1-7H3/q+2. The quantitative estimate of drug-likeness (QED) is 0.0231. The minimum atomic E-state index is 0.289. The van der Waals surface area contributed by atoms with Crippen molar-refractivity contribution in [3.63, 3.8) is 0 Å². The number of nitrogens with two attached hydrogens (primary N) is 1. The zero-order chi connectivity index (χ0) is 62.0. The number of nitrogens with zero attached hydrogens (tertiary/aromatic N) is 4. The van der Waals surface area contributed by atoms with Crippen molar-refractivity contribution in [2.45, 2.75) is 47.0 Å². The monoisotopic (exact) mass is 1230 g/mol. The molecule has 482 valence electrons. The lowest BCUT2D eigenvalue weighted by Gasteiger charge is -2.14. The Hall–Kier alpha value is -6.44. The van der Waals surface area contributed by atoms with Crippen LogP contribution in [0, 0.1) is 20.8 Å². The summed E-state index contributed by atoms with van der Waals surface area (Å²) in [5.41, 5.74) is 16.6. The summed E-state index contributed by atoms with van der Waals surface area (Å²) in [7, 11) is 6.61. The topological polar surface area (TPSA) is 191 Å². The van der Waals surface area contributed by atoms with Crippen LogP contribution in [-0.4, -0.2) is 196 Å². The molecule has 0 radical (unpaired) electrons. The number of imidazole rings is 2. The lowest BCUT2D eigenvalue weighted by atomic mass is 10.1. The highest BCUT2D eigenvalue weighted by molar-refractivity contribution is 5.79.